The van der Waals surface area contributed by atoms with Crippen molar-refractivity contribution in [1.82, 2.24) is 0 Å². The van der Waals surface area contributed by atoms with Crippen molar-refractivity contribution in [2.24, 2.45) is 0 Å². The molecule has 1 rings (SSSR count). The summed E-state index contributed by atoms with van der Waals surface area (Å²) in [5.74, 6) is -2.08. The molecule has 6 N–H and O–H groups in total. The summed E-state index contributed by atoms with van der Waals surface area (Å²) in [6, 6.07) is 4.39. The number of amides is 1. The maximum atomic E-state index is 12.8. The lowest BCUT2D eigenvalue weighted by atomic mass is 10.1. The number of aliphatic carboxylic acids is 1. The minimum absolute atomic E-state index is 0.182. The molecular weight excluding hydrogens is 301 g/mol. The van der Waals surface area contributed by atoms with Gasteiger partial charge in [-0.05, 0) is 49.9 Å². The molecule has 0 saturated carbocycles. The van der Waals surface area contributed by atoms with Crippen LogP contribution >= 0.6 is 0 Å². The van der Waals surface area contributed by atoms with Crippen molar-refractivity contribution in [3.8, 4) is 0 Å². The van der Waals surface area contributed by atoms with Gasteiger partial charge in [0, 0.05) is 5.69 Å². The van der Waals surface area contributed by atoms with Gasteiger partial charge in [0.25, 0.3) is 0 Å². The second-order valence-electron chi connectivity index (χ2n) is 5.48. The van der Waals surface area contributed by atoms with Gasteiger partial charge in [0.1, 0.15) is 11.9 Å². The van der Waals surface area contributed by atoms with E-state index in [2.05, 4.69) is 11.1 Å². The van der Waals surface area contributed by atoms with Gasteiger partial charge in [0.05, 0.1) is 25.5 Å². The molecular formula is C16H25FN3O3+. The lowest BCUT2D eigenvalue weighted by Crippen LogP contribution is -2.93. The van der Waals surface area contributed by atoms with Gasteiger partial charge in [-0.3, -0.25) is 4.79 Å². The fraction of sp³-hybridized carbons (Fsp3) is 0.500. The Morgan fingerprint density at radius 3 is 2.43 bits per heavy atom. The summed E-state index contributed by atoms with van der Waals surface area (Å²) < 4.78 is 12.8. The van der Waals surface area contributed by atoms with Gasteiger partial charge in [-0.15, -0.1) is 0 Å². The molecule has 1 aromatic carbocycles. The number of carbonyl (C=O) groups excluding carboxylic acids is 2. The Kier molecular flexibility index (Phi) is 8.86. The van der Waals surface area contributed by atoms with Gasteiger partial charge in [-0.2, -0.15) is 0 Å². The Morgan fingerprint density at radius 1 is 1.17 bits per heavy atom. The molecule has 6 nitrogen and oxygen atoms in total. The number of carboxylic acids is 1. The predicted molar refractivity (Wildman–Crippen MR) is 81.5 cm³/mol. The van der Waals surface area contributed by atoms with E-state index in [0.717, 1.165) is 32.2 Å². The number of carbonyl (C=O) groups is 2. The van der Waals surface area contributed by atoms with E-state index in [9.17, 15) is 19.1 Å². The summed E-state index contributed by atoms with van der Waals surface area (Å²) in [5, 5.41) is 15.3. The standard InChI is InChI=1S/C16H24FN3O3/c17-12-5-7-13(8-6-12)20-15(21)11-14(16(22)23)19-10-4-2-1-3-9-18/h5-8,14,19H,1-4,9-11,18H2,(H,20,21)(H,22,23)/p+1/t14-/m1/s1. The molecule has 0 fully saturated rings. The van der Waals surface area contributed by atoms with Crippen molar-refractivity contribution in [1.29, 1.82) is 0 Å². The van der Waals surface area contributed by atoms with Gasteiger partial charge < -0.3 is 26.3 Å². The molecule has 1 atom stereocenters. The zero-order chi connectivity index (χ0) is 17.1. The first kappa shape index (κ1) is 19.1. The molecule has 0 bridgehead atoms. The van der Waals surface area contributed by atoms with Crippen LogP contribution in [0.2, 0.25) is 0 Å². The summed E-state index contributed by atoms with van der Waals surface area (Å²) in [7, 11) is 0. The topological polar surface area (TPSA) is 113 Å². The number of hydrogen-bond acceptors (Lipinski definition) is 3. The van der Waals surface area contributed by atoms with Crippen LogP contribution in [0.1, 0.15) is 32.1 Å². The largest absolute Gasteiger partial charge is 0.544 e. The second kappa shape index (κ2) is 10.7. The molecule has 128 valence electrons. The van der Waals surface area contributed by atoms with E-state index < -0.39 is 23.7 Å². The Morgan fingerprint density at radius 2 is 1.83 bits per heavy atom. The number of nitrogens with one attached hydrogen (secondary N) is 1. The fourth-order valence-corrected chi connectivity index (χ4v) is 2.20. The molecule has 0 aliphatic rings. The van der Waals surface area contributed by atoms with Crippen LogP contribution in [0.5, 0.6) is 0 Å². The van der Waals surface area contributed by atoms with Crippen LogP contribution in [0.25, 0.3) is 0 Å². The number of carboxylic acid groups (broad SMARTS) is 1. The normalized spacial score (nSPS) is 11.9. The van der Waals surface area contributed by atoms with Crippen LogP contribution in [0, 0.1) is 5.82 Å². The number of quaternary nitrogens is 2. The third-order valence-corrected chi connectivity index (χ3v) is 3.49. The minimum atomic E-state index is -1.25. The van der Waals surface area contributed by atoms with Gasteiger partial charge in [0.15, 0.2) is 0 Å². The average Bonchev–Trinajstić information content (AvgIpc) is 2.51. The Hall–Kier alpha value is -1.99. The summed E-state index contributed by atoms with van der Waals surface area (Å²) >= 11 is 0. The van der Waals surface area contributed by atoms with Gasteiger partial charge in [-0.1, -0.05) is 0 Å². The summed E-state index contributed by atoms with van der Waals surface area (Å²) in [6.07, 6.45) is 3.89. The van der Waals surface area contributed by atoms with Gasteiger partial charge in [0.2, 0.25) is 5.91 Å². The van der Waals surface area contributed by atoms with Gasteiger partial charge >= 0.3 is 0 Å². The molecule has 1 aromatic rings. The van der Waals surface area contributed by atoms with E-state index in [-0.39, 0.29) is 6.42 Å². The first-order chi connectivity index (χ1) is 11.0. The fourth-order valence-electron chi connectivity index (χ4n) is 2.20. The number of halogens is 1. The molecule has 0 unspecified atom stereocenters. The maximum Gasteiger partial charge on any atom is 0.230 e. The smallest absolute Gasteiger partial charge is 0.230 e. The second-order valence-corrected chi connectivity index (χ2v) is 5.48. The van der Waals surface area contributed by atoms with Crippen LogP contribution < -0.4 is 21.5 Å². The van der Waals surface area contributed by atoms with Crippen LogP contribution in [0.4, 0.5) is 10.1 Å². The van der Waals surface area contributed by atoms with Crippen molar-refractivity contribution < 1.29 is 30.1 Å². The van der Waals surface area contributed by atoms with E-state index >= 15 is 0 Å². The SMILES string of the molecule is [NH3+]CCCCCC[NH2+][C@H](CC(=O)Nc1ccc(F)cc1)C(=O)[O-]. The van der Waals surface area contributed by atoms with Crippen molar-refractivity contribution >= 4 is 17.6 Å². The van der Waals surface area contributed by atoms with Crippen molar-refractivity contribution in [3.63, 3.8) is 0 Å². The third kappa shape index (κ3) is 8.27. The highest BCUT2D eigenvalue weighted by atomic mass is 19.1. The van der Waals surface area contributed by atoms with Crippen LogP contribution in [-0.2, 0) is 9.59 Å². The van der Waals surface area contributed by atoms with E-state index in [1.807, 2.05) is 0 Å². The number of hydrogen-bond donors (Lipinski definition) is 3. The molecule has 0 aromatic heterocycles. The van der Waals surface area contributed by atoms with Crippen LogP contribution in [0.15, 0.2) is 24.3 Å². The van der Waals surface area contributed by atoms with Crippen molar-refractivity contribution in [2.75, 3.05) is 18.4 Å². The molecule has 0 aliphatic heterocycles. The van der Waals surface area contributed by atoms with E-state index in [4.69, 9.17) is 0 Å². The molecule has 0 heterocycles. The Balaban J connectivity index is 2.35. The summed E-state index contributed by atoms with van der Waals surface area (Å²) in [5.41, 5.74) is 4.20. The highest BCUT2D eigenvalue weighted by molar-refractivity contribution is 5.93. The summed E-state index contributed by atoms with van der Waals surface area (Å²) in [4.78, 5) is 23.0. The number of unbranched alkanes of at least 4 members (excludes halogenated alkanes) is 3. The highest BCUT2D eigenvalue weighted by Gasteiger charge is 2.18. The first-order valence-electron chi connectivity index (χ1n) is 7.91. The van der Waals surface area contributed by atoms with Crippen LogP contribution in [-0.4, -0.2) is 31.0 Å². The molecule has 7 heteroatoms. The number of anilines is 1. The lowest BCUT2D eigenvalue weighted by Gasteiger charge is -2.16. The van der Waals surface area contributed by atoms with Crippen LogP contribution in [0.3, 0.4) is 0 Å². The molecule has 0 spiro atoms. The van der Waals surface area contributed by atoms with Crippen molar-refractivity contribution in [3.05, 3.63) is 30.1 Å². The first-order valence-corrected chi connectivity index (χ1v) is 7.91. The van der Waals surface area contributed by atoms with E-state index in [0.29, 0.717) is 12.2 Å². The molecule has 0 aliphatic carbocycles. The van der Waals surface area contributed by atoms with Gasteiger partial charge in [-0.25, -0.2) is 4.39 Å². The quantitative estimate of drug-likeness (QED) is 0.436. The number of rotatable bonds is 11. The van der Waals surface area contributed by atoms with E-state index in [1.54, 1.807) is 5.32 Å². The predicted octanol–water partition coefficient (Wildman–Crippen LogP) is -1.36. The lowest BCUT2D eigenvalue weighted by molar-refractivity contribution is -0.682. The molecule has 1 amide bonds. The average molecular weight is 326 g/mol. The number of benzene rings is 1. The van der Waals surface area contributed by atoms with Crippen molar-refractivity contribution in [2.45, 2.75) is 38.1 Å². The zero-order valence-electron chi connectivity index (χ0n) is 13.2. The maximum absolute atomic E-state index is 12.8. The molecule has 23 heavy (non-hydrogen) atoms. The Labute approximate surface area is 135 Å². The number of nitrogens with two attached hydrogens (primary N) is 1. The molecule has 0 saturated heterocycles. The zero-order valence-corrected chi connectivity index (χ0v) is 13.2. The summed E-state index contributed by atoms with van der Waals surface area (Å²) in [6.45, 7) is 1.55. The van der Waals surface area contributed by atoms with E-state index in [1.165, 1.54) is 24.3 Å². The third-order valence-electron chi connectivity index (χ3n) is 3.49. The highest BCUT2D eigenvalue weighted by Crippen LogP contribution is 2.08. The monoisotopic (exact) mass is 326 g/mol. The molecule has 0 radical (unpaired) electrons. The Bertz CT molecular complexity index is 494. The minimum Gasteiger partial charge on any atom is -0.544 e.